The van der Waals surface area contributed by atoms with Gasteiger partial charge in [-0.1, -0.05) is 42.1 Å². The number of fused-ring (bicyclic) bond motifs is 1. The molecule has 2 heterocycles. The first-order valence-electron chi connectivity index (χ1n) is 9.19. The first-order valence-corrected chi connectivity index (χ1v) is 11.0. The summed E-state index contributed by atoms with van der Waals surface area (Å²) in [4.78, 5) is 18.0. The summed E-state index contributed by atoms with van der Waals surface area (Å²) in [5.41, 5.74) is 2.77. The SMILES string of the molecule is N#Cc1c(NC(=O)CCSc2n[nH]c(-c3ccccc3)n2)sc2c1CCCC2. The van der Waals surface area contributed by atoms with E-state index in [0.29, 0.717) is 27.9 Å². The summed E-state index contributed by atoms with van der Waals surface area (Å²) in [7, 11) is 0. The number of thiophene rings is 1. The molecule has 0 aliphatic heterocycles. The van der Waals surface area contributed by atoms with Crippen LogP contribution in [0.3, 0.4) is 0 Å². The van der Waals surface area contributed by atoms with E-state index < -0.39 is 0 Å². The van der Waals surface area contributed by atoms with Crippen LogP contribution in [0.4, 0.5) is 5.00 Å². The molecule has 0 fully saturated rings. The van der Waals surface area contributed by atoms with Crippen LogP contribution in [0.15, 0.2) is 35.5 Å². The highest BCUT2D eigenvalue weighted by Gasteiger charge is 2.21. The van der Waals surface area contributed by atoms with E-state index in [9.17, 15) is 10.1 Å². The van der Waals surface area contributed by atoms with Gasteiger partial charge in [0.2, 0.25) is 11.1 Å². The molecule has 28 heavy (non-hydrogen) atoms. The van der Waals surface area contributed by atoms with E-state index >= 15 is 0 Å². The normalized spacial score (nSPS) is 13.0. The Hall–Kier alpha value is -2.63. The molecule has 1 aliphatic carbocycles. The van der Waals surface area contributed by atoms with Gasteiger partial charge in [0, 0.05) is 22.6 Å². The van der Waals surface area contributed by atoms with E-state index in [4.69, 9.17) is 0 Å². The number of nitrogens with one attached hydrogen (secondary N) is 2. The number of carbonyl (C=O) groups is 1. The first-order chi connectivity index (χ1) is 13.7. The van der Waals surface area contributed by atoms with Gasteiger partial charge in [0.05, 0.1) is 5.56 Å². The first kappa shape index (κ1) is 18.7. The topological polar surface area (TPSA) is 94.5 Å². The molecule has 6 nitrogen and oxygen atoms in total. The molecule has 0 unspecified atom stereocenters. The number of hydrogen-bond acceptors (Lipinski definition) is 6. The molecular weight excluding hydrogens is 390 g/mol. The van der Waals surface area contributed by atoms with E-state index in [0.717, 1.165) is 42.6 Å². The van der Waals surface area contributed by atoms with Gasteiger partial charge in [0.15, 0.2) is 5.82 Å². The maximum Gasteiger partial charge on any atom is 0.225 e. The van der Waals surface area contributed by atoms with E-state index in [1.54, 1.807) is 11.3 Å². The fraction of sp³-hybridized carbons (Fsp3) is 0.300. The fourth-order valence-corrected chi connectivity index (χ4v) is 5.22. The number of aromatic nitrogens is 3. The van der Waals surface area contributed by atoms with E-state index in [2.05, 4.69) is 26.6 Å². The van der Waals surface area contributed by atoms with Crippen LogP contribution < -0.4 is 5.32 Å². The average molecular weight is 410 g/mol. The van der Waals surface area contributed by atoms with Crippen LogP contribution in [0.2, 0.25) is 0 Å². The van der Waals surface area contributed by atoms with Gasteiger partial charge in [-0.3, -0.25) is 9.89 Å². The van der Waals surface area contributed by atoms with Crippen LogP contribution in [0.5, 0.6) is 0 Å². The lowest BCUT2D eigenvalue weighted by Crippen LogP contribution is -2.12. The van der Waals surface area contributed by atoms with Crippen molar-refractivity contribution in [2.75, 3.05) is 11.1 Å². The minimum absolute atomic E-state index is 0.0820. The van der Waals surface area contributed by atoms with Gasteiger partial charge in [-0.25, -0.2) is 4.98 Å². The van der Waals surface area contributed by atoms with Crippen molar-refractivity contribution in [2.24, 2.45) is 0 Å². The fourth-order valence-electron chi connectivity index (χ4n) is 3.23. The van der Waals surface area contributed by atoms with Crippen molar-refractivity contribution in [2.45, 2.75) is 37.3 Å². The molecule has 0 atom stereocenters. The highest BCUT2D eigenvalue weighted by molar-refractivity contribution is 7.99. The molecule has 8 heteroatoms. The van der Waals surface area contributed by atoms with Gasteiger partial charge in [0.1, 0.15) is 11.1 Å². The molecule has 142 valence electrons. The molecule has 4 rings (SSSR count). The van der Waals surface area contributed by atoms with Gasteiger partial charge in [-0.05, 0) is 31.2 Å². The lowest BCUT2D eigenvalue weighted by Gasteiger charge is -2.09. The zero-order valence-electron chi connectivity index (χ0n) is 15.2. The van der Waals surface area contributed by atoms with Crippen LogP contribution in [0.1, 0.15) is 35.3 Å². The van der Waals surface area contributed by atoms with Crippen LogP contribution >= 0.6 is 23.1 Å². The molecular formula is C20H19N5OS2. The van der Waals surface area contributed by atoms with Crippen molar-refractivity contribution in [3.63, 3.8) is 0 Å². The van der Waals surface area contributed by atoms with Gasteiger partial charge in [0.25, 0.3) is 0 Å². The van der Waals surface area contributed by atoms with Gasteiger partial charge in [-0.2, -0.15) is 5.26 Å². The molecule has 0 saturated carbocycles. The summed E-state index contributed by atoms with van der Waals surface area (Å²) in [6.45, 7) is 0. The van der Waals surface area contributed by atoms with Crippen molar-refractivity contribution in [1.29, 1.82) is 5.26 Å². The molecule has 0 saturated heterocycles. The minimum Gasteiger partial charge on any atom is -0.317 e. The molecule has 0 bridgehead atoms. The number of aryl methyl sites for hydroxylation is 1. The molecule has 3 aromatic rings. The van der Waals surface area contributed by atoms with Gasteiger partial charge < -0.3 is 5.32 Å². The second-order valence-electron chi connectivity index (χ2n) is 6.51. The standard InChI is InChI=1S/C20H19N5OS2/c21-12-15-14-8-4-5-9-16(14)28-19(15)22-17(26)10-11-27-20-23-18(24-25-20)13-6-2-1-3-7-13/h1-3,6-7H,4-5,8-11H2,(H,22,26)(H,23,24,25). The predicted octanol–water partition coefficient (Wildman–Crippen LogP) is 4.40. The van der Waals surface area contributed by atoms with E-state index in [-0.39, 0.29) is 5.91 Å². The lowest BCUT2D eigenvalue weighted by atomic mass is 9.96. The Morgan fingerprint density at radius 1 is 1.29 bits per heavy atom. The number of amides is 1. The number of H-pyrrole nitrogens is 1. The number of anilines is 1. The number of aromatic amines is 1. The molecule has 1 aliphatic rings. The number of thioether (sulfide) groups is 1. The van der Waals surface area contributed by atoms with Crippen molar-refractivity contribution < 1.29 is 4.79 Å². The summed E-state index contributed by atoms with van der Waals surface area (Å²) < 4.78 is 0. The van der Waals surface area contributed by atoms with Crippen LogP contribution in [-0.4, -0.2) is 26.8 Å². The Balaban J connectivity index is 1.32. The number of benzene rings is 1. The van der Waals surface area contributed by atoms with Crippen LogP contribution in [-0.2, 0) is 17.6 Å². The van der Waals surface area contributed by atoms with Crippen molar-refractivity contribution in [3.8, 4) is 17.5 Å². The summed E-state index contributed by atoms with van der Waals surface area (Å²) in [6.07, 6.45) is 4.56. The summed E-state index contributed by atoms with van der Waals surface area (Å²) in [5.74, 6) is 1.21. The third-order valence-electron chi connectivity index (χ3n) is 4.61. The second kappa shape index (κ2) is 8.59. The molecule has 1 amide bonds. The molecule has 0 radical (unpaired) electrons. The molecule has 1 aromatic carbocycles. The second-order valence-corrected chi connectivity index (χ2v) is 8.67. The maximum absolute atomic E-state index is 12.3. The number of hydrogen-bond donors (Lipinski definition) is 2. The third kappa shape index (κ3) is 4.11. The Morgan fingerprint density at radius 3 is 2.93 bits per heavy atom. The average Bonchev–Trinajstić information content (AvgIpc) is 3.32. The van der Waals surface area contributed by atoms with Gasteiger partial charge >= 0.3 is 0 Å². The number of rotatable bonds is 6. The number of nitrogens with zero attached hydrogens (tertiary/aromatic N) is 3. The Kier molecular flexibility index (Phi) is 5.74. The largest absolute Gasteiger partial charge is 0.317 e. The Labute approximate surface area is 171 Å². The highest BCUT2D eigenvalue weighted by atomic mass is 32.2. The Bertz CT molecular complexity index is 1020. The monoisotopic (exact) mass is 409 g/mol. The van der Waals surface area contributed by atoms with Crippen molar-refractivity contribution in [1.82, 2.24) is 15.2 Å². The quantitative estimate of drug-likeness (QED) is 0.588. The number of nitriles is 1. The zero-order chi connectivity index (χ0) is 19.3. The zero-order valence-corrected chi connectivity index (χ0v) is 16.8. The summed E-state index contributed by atoms with van der Waals surface area (Å²) in [6, 6.07) is 12.1. The lowest BCUT2D eigenvalue weighted by molar-refractivity contribution is -0.115. The molecule has 0 spiro atoms. The smallest absolute Gasteiger partial charge is 0.225 e. The third-order valence-corrected chi connectivity index (χ3v) is 6.66. The van der Waals surface area contributed by atoms with Crippen molar-refractivity contribution in [3.05, 3.63) is 46.3 Å². The molecule has 2 N–H and O–H groups in total. The summed E-state index contributed by atoms with van der Waals surface area (Å²) >= 11 is 2.99. The van der Waals surface area contributed by atoms with E-state index in [1.165, 1.54) is 16.6 Å². The maximum atomic E-state index is 12.3. The van der Waals surface area contributed by atoms with Crippen molar-refractivity contribution >= 4 is 34.0 Å². The molecule has 2 aromatic heterocycles. The summed E-state index contributed by atoms with van der Waals surface area (Å²) in [5, 5.41) is 20.9. The predicted molar refractivity (Wildman–Crippen MR) is 111 cm³/mol. The van der Waals surface area contributed by atoms with Gasteiger partial charge in [-0.15, -0.1) is 16.4 Å². The van der Waals surface area contributed by atoms with Crippen LogP contribution in [0.25, 0.3) is 11.4 Å². The van der Waals surface area contributed by atoms with E-state index in [1.807, 2.05) is 30.3 Å². The Morgan fingerprint density at radius 2 is 2.11 bits per heavy atom. The number of carbonyl (C=O) groups excluding carboxylic acids is 1. The highest BCUT2D eigenvalue weighted by Crippen LogP contribution is 2.37. The minimum atomic E-state index is -0.0820. The van der Waals surface area contributed by atoms with Crippen LogP contribution in [0, 0.1) is 11.3 Å².